The van der Waals surface area contributed by atoms with Gasteiger partial charge in [0.15, 0.2) is 5.60 Å². The number of hydrogen-bond acceptors (Lipinski definition) is 3. The Morgan fingerprint density at radius 1 is 1.04 bits per heavy atom. The van der Waals surface area contributed by atoms with Crippen LogP contribution in [0, 0.1) is 0 Å². The maximum atomic E-state index is 14.6. The predicted octanol–water partition coefficient (Wildman–Crippen LogP) is 5.01. The molecule has 0 aliphatic heterocycles. The van der Waals surface area contributed by atoms with Crippen LogP contribution >= 0.6 is 0 Å². The van der Waals surface area contributed by atoms with E-state index in [2.05, 4.69) is 16.1 Å². The van der Waals surface area contributed by atoms with Crippen molar-refractivity contribution in [3.05, 3.63) is 12.2 Å². The molecule has 0 aliphatic carbocycles. The molecule has 0 heterocycles. The number of halogens is 10. The van der Waals surface area contributed by atoms with E-state index in [4.69, 9.17) is 0 Å². The summed E-state index contributed by atoms with van der Waals surface area (Å²) in [6, 6.07) is 0. The normalized spacial score (nSPS) is 19.3. The fourth-order valence-corrected chi connectivity index (χ4v) is 1.59. The summed E-state index contributed by atoms with van der Waals surface area (Å²) in [4.78, 5) is 11.3. The highest BCUT2D eigenvalue weighted by molar-refractivity contribution is 5.87. The average molecular weight is 408 g/mol. The van der Waals surface area contributed by atoms with Crippen molar-refractivity contribution in [1.29, 1.82) is 0 Å². The summed E-state index contributed by atoms with van der Waals surface area (Å²) in [5.41, 5.74) is -4.71. The Morgan fingerprint density at radius 2 is 1.46 bits per heavy atom. The topological polar surface area (TPSA) is 35.5 Å². The highest BCUT2D eigenvalue weighted by atomic mass is 19.4. The number of hydrogen-bond donors (Lipinski definition) is 0. The maximum absolute atomic E-state index is 14.6. The largest absolute Gasteiger partial charge is 0.463 e. The van der Waals surface area contributed by atoms with Gasteiger partial charge in [-0.25, -0.2) is 9.18 Å². The summed E-state index contributed by atoms with van der Waals surface area (Å²) in [5, 5.41) is 0. The lowest BCUT2D eigenvalue weighted by Crippen LogP contribution is -2.65. The highest BCUT2D eigenvalue weighted by Gasteiger charge is 2.74. The first-order valence-electron chi connectivity index (χ1n) is 6.68. The third-order valence-corrected chi connectivity index (χ3v) is 3.25. The number of rotatable bonds is 7. The summed E-state index contributed by atoms with van der Waals surface area (Å²) in [6.45, 7) is 4.23. The van der Waals surface area contributed by atoms with E-state index in [1.807, 2.05) is 0 Å². The van der Waals surface area contributed by atoms with E-state index in [1.54, 1.807) is 0 Å². The highest BCUT2D eigenvalue weighted by Crippen LogP contribution is 2.50. The minimum atomic E-state index is -6.22. The second-order valence-corrected chi connectivity index (χ2v) is 5.42. The molecule has 0 spiro atoms. The van der Waals surface area contributed by atoms with Gasteiger partial charge in [0.2, 0.25) is 0 Å². The van der Waals surface area contributed by atoms with Crippen LogP contribution in [0.4, 0.5) is 43.9 Å². The molecule has 0 bridgehead atoms. The number of alkyl halides is 10. The average Bonchev–Trinajstić information content (AvgIpc) is 2.43. The van der Waals surface area contributed by atoms with Gasteiger partial charge in [0.25, 0.3) is 6.17 Å². The van der Waals surface area contributed by atoms with Crippen LogP contribution in [0.15, 0.2) is 12.2 Å². The van der Waals surface area contributed by atoms with Crippen molar-refractivity contribution >= 4 is 5.97 Å². The van der Waals surface area contributed by atoms with Crippen molar-refractivity contribution in [3.63, 3.8) is 0 Å². The third-order valence-electron chi connectivity index (χ3n) is 3.25. The fourth-order valence-electron chi connectivity index (χ4n) is 1.59. The molecule has 0 rings (SSSR count). The Hall–Kier alpha value is -1.53. The number of carbonyl (C=O) groups is 1. The van der Waals surface area contributed by atoms with Gasteiger partial charge in [-0.2, -0.15) is 39.5 Å². The van der Waals surface area contributed by atoms with E-state index in [9.17, 15) is 48.7 Å². The third kappa shape index (κ3) is 4.80. The molecule has 3 unspecified atom stereocenters. The number of ether oxygens (including phenoxy) is 2. The Kier molecular flexibility index (Phi) is 6.81. The second-order valence-electron chi connectivity index (χ2n) is 5.42. The van der Waals surface area contributed by atoms with Crippen molar-refractivity contribution < 1.29 is 58.2 Å². The van der Waals surface area contributed by atoms with E-state index in [0.29, 0.717) is 6.92 Å². The second kappa shape index (κ2) is 7.24. The van der Waals surface area contributed by atoms with Crippen molar-refractivity contribution in [2.24, 2.45) is 0 Å². The molecule has 0 aromatic rings. The molecular formula is C13H14F10O3. The Morgan fingerprint density at radius 3 is 1.73 bits per heavy atom. The Labute approximate surface area is 140 Å². The van der Waals surface area contributed by atoms with Crippen LogP contribution in [-0.2, 0) is 14.3 Å². The van der Waals surface area contributed by atoms with E-state index in [0.717, 1.165) is 6.92 Å². The molecule has 0 N–H and O–H groups in total. The first-order valence-corrected chi connectivity index (χ1v) is 6.68. The molecule has 0 amide bonds. The number of esters is 1. The van der Waals surface area contributed by atoms with Crippen LogP contribution in [0.1, 0.15) is 27.2 Å². The molecule has 0 saturated carbocycles. The summed E-state index contributed by atoms with van der Waals surface area (Å²) < 4.78 is 137. The predicted molar refractivity (Wildman–Crippen MR) is 66.5 cm³/mol. The quantitative estimate of drug-likeness (QED) is 0.338. The Balaban J connectivity index is 6.16. The van der Waals surface area contributed by atoms with Gasteiger partial charge in [-0.15, -0.1) is 0 Å². The number of carbonyl (C=O) groups excluding carboxylic acids is 1. The van der Waals surface area contributed by atoms with Crippen LogP contribution in [0.25, 0.3) is 0 Å². The van der Waals surface area contributed by atoms with E-state index in [-0.39, 0.29) is 6.92 Å². The molecule has 0 aliphatic rings. The van der Waals surface area contributed by atoms with Gasteiger partial charge in [-0.3, -0.25) is 0 Å². The van der Waals surface area contributed by atoms with E-state index < -0.39 is 54.1 Å². The monoisotopic (exact) mass is 408 g/mol. The van der Waals surface area contributed by atoms with Gasteiger partial charge >= 0.3 is 30.3 Å². The molecule has 0 saturated heterocycles. The van der Waals surface area contributed by atoms with Crippen LogP contribution < -0.4 is 0 Å². The molecule has 0 aromatic carbocycles. The lowest BCUT2D eigenvalue weighted by Gasteiger charge is -2.43. The first kappa shape index (κ1) is 24.5. The van der Waals surface area contributed by atoms with Crippen LogP contribution in [0.5, 0.6) is 0 Å². The maximum Gasteiger partial charge on any atom is 0.463 e. The summed E-state index contributed by atoms with van der Waals surface area (Å²) in [7, 11) is 0. The summed E-state index contributed by atoms with van der Waals surface area (Å²) in [6.07, 6.45) is -24.8. The zero-order valence-electron chi connectivity index (χ0n) is 13.5. The SMILES string of the molecule is C=C(C)C(=O)OC(F)(C(F)(F)F)C(C)(CC)OC(F)(F)C(F)C(F)(F)F. The first-order chi connectivity index (χ1) is 11.2. The van der Waals surface area contributed by atoms with Gasteiger partial charge in [0, 0.05) is 5.57 Å². The van der Waals surface area contributed by atoms with Gasteiger partial charge < -0.3 is 9.47 Å². The van der Waals surface area contributed by atoms with E-state index in [1.165, 1.54) is 0 Å². The molecule has 154 valence electrons. The summed E-state index contributed by atoms with van der Waals surface area (Å²) >= 11 is 0. The molecule has 0 radical (unpaired) electrons. The lowest BCUT2D eigenvalue weighted by atomic mass is 9.92. The van der Waals surface area contributed by atoms with Gasteiger partial charge in [0.05, 0.1) is 0 Å². The smallest absolute Gasteiger partial charge is 0.414 e. The van der Waals surface area contributed by atoms with Crippen molar-refractivity contribution in [2.45, 2.75) is 63.3 Å². The fraction of sp³-hybridized carbons (Fsp3) is 0.769. The van der Waals surface area contributed by atoms with Crippen LogP contribution in [-0.4, -0.2) is 42.1 Å². The standard InChI is InChI=1S/C13H14F10O3/c1-5-9(4,26-11(18,19)8(14)10(15,16)17)12(20,13(21,22)23)25-7(24)6(2)3/h8H,2,5H2,1,3-4H3. The van der Waals surface area contributed by atoms with Crippen molar-refractivity contribution in [3.8, 4) is 0 Å². The van der Waals surface area contributed by atoms with Gasteiger partial charge in [-0.05, 0) is 20.3 Å². The zero-order chi connectivity index (χ0) is 21.4. The molecule has 0 fully saturated rings. The van der Waals surface area contributed by atoms with Crippen molar-refractivity contribution in [2.75, 3.05) is 0 Å². The molecule has 0 aromatic heterocycles. The van der Waals surface area contributed by atoms with Crippen LogP contribution in [0.2, 0.25) is 0 Å². The molecule has 3 atom stereocenters. The van der Waals surface area contributed by atoms with Crippen molar-refractivity contribution in [1.82, 2.24) is 0 Å². The van der Waals surface area contributed by atoms with Gasteiger partial charge in [-0.1, -0.05) is 13.5 Å². The minimum absolute atomic E-state index is 0.0385. The van der Waals surface area contributed by atoms with Gasteiger partial charge in [0.1, 0.15) is 0 Å². The molecule has 3 nitrogen and oxygen atoms in total. The Bertz CT molecular complexity index is 541. The molecular weight excluding hydrogens is 394 g/mol. The van der Waals surface area contributed by atoms with Crippen LogP contribution in [0.3, 0.4) is 0 Å². The zero-order valence-corrected chi connectivity index (χ0v) is 13.5. The minimum Gasteiger partial charge on any atom is -0.414 e. The lowest BCUT2D eigenvalue weighted by molar-refractivity contribution is -0.434. The summed E-state index contributed by atoms with van der Waals surface area (Å²) in [5.74, 6) is -7.36. The van der Waals surface area contributed by atoms with E-state index >= 15 is 0 Å². The molecule has 13 heteroatoms. The molecule has 26 heavy (non-hydrogen) atoms.